The summed E-state index contributed by atoms with van der Waals surface area (Å²) in [5.41, 5.74) is 6.70. The maximum Gasteiger partial charge on any atom is 0.233 e. The van der Waals surface area contributed by atoms with E-state index in [1.807, 2.05) is 38.1 Å². The number of hydrogen-bond acceptors (Lipinski definition) is 3. The third-order valence-electron chi connectivity index (χ3n) is 2.82. The van der Waals surface area contributed by atoms with Crippen LogP contribution < -0.4 is 11.1 Å². The molecule has 0 spiro atoms. The van der Waals surface area contributed by atoms with Crippen LogP contribution in [0.15, 0.2) is 29.2 Å². The highest BCUT2D eigenvalue weighted by atomic mass is 32.2. The van der Waals surface area contributed by atoms with Gasteiger partial charge in [0, 0.05) is 17.5 Å². The first-order valence-electron chi connectivity index (χ1n) is 6.32. The monoisotopic (exact) mass is 266 g/mol. The molecule has 0 saturated heterocycles. The predicted octanol–water partition coefficient (Wildman–Crippen LogP) is 2.54. The highest BCUT2D eigenvalue weighted by Gasteiger charge is 2.15. The van der Waals surface area contributed by atoms with Crippen LogP contribution in [0.5, 0.6) is 0 Å². The Morgan fingerprint density at radius 3 is 2.78 bits per heavy atom. The summed E-state index contributed by atoms with van der Waals surface area (Å²) in [5, 5.41) is 2.90. The third kappa shape index (κ3) is 4.70. The van der Waals surface area contributed by atoms with Crippen molar-refractivity contribution in [1.82, 2.24) is 5.32 Å². The van der Waals surface area contributed by atoms with Crippen LogP contribution in [0, 0.1) is 0 Å². The minimum absolute atomic E-state index is 0.0903. The molecular weight excluding hydrogens is 244 g/mol. The molecule has 2 atom stereocenters. The number of carbonyl (C=O) groups excluding carboxylic acids is 1. The molecule has 0 aliphatic heterocycles. The van der Waals surface area contributed by atoms with Gasteiger partial charge < -0.3 is 11.1 Å². The molecule has 0 saturated carbocycles. The standard InChI is InChI=1S/C14H22N2OS/c1-4-10(2)16-14(17)11(3)18-13-7-5-6-12(8-13)9-15/h5-8,10-11H,4,9,15H2,1-3H3,(H,16,17). The summed E-state index contributed by atoms with van der Waals surface area (Å²) in [5.74, 6) is 0.0903. The average molecular weight is 266 g/mol. The van der Waals surface area contributed by atoms with E-state index >= 15 is 0 Å². The maximum absolute atomic E-state index is 11.9. The molecule has 0 aromatic heterocycles. The van der Waals surface area contributed by atoms with Gasteiger partial charge in [-0.3, -0.25) is 4.79 Å². The Hall–Kier alpha value is -1.00. The lowest BCUT2D eigenvalue weighted by Gasteiger charge is -2.16. The topological polar surface area (TPSA) is 55.1 Å². The van der Waals surface area contributed by atoms with Crippen LogP contribution in [0.3, 0.4) is 0 Å². The summed E-state index contributed by atoms with van der Waals surface area (Å²) in [6.07, 6.45) is 0.950. The lowest BCUT2D eigenvalue weighted by molar-refractivity contribution is -0.120. The van der Waals surface area contributed by atoms with Gasteiger partial charge in [0.2, 0.25) is 5.91 Å². The lowest BCUT2D eigenvalue weighted by atomic mass is 10.2. The van der Waals surface area contributed by atoms with Crippen molar-refractivity contribution in [2.75, 3.05) is 0 Å². The molecule has 0 radical (unpaired) electrons. The summed E-state index contributed by atoms with van der Waals surface area (Å²) in [7, 11) is 0. The Labute approximate surface area is 114 Å². The van der Waals surface area contributed by atoms with Crippen molar-refractivity contribution in [2.24, 2.45) is 5.73 Å². The molecule has 3 N–H and O–H groups in total. The van der Waals surface area contributed by atoms with E-state index < -0.39 is 0 Å². The van der Waals surface area contributed by atoms with Gasteiger partial charge in [-0.1, -0.05) is 19.1 Å². The van der Waals surface area contributed by atoms with Crippen LogP contribution >= 0.6 is 11.8 Å². The van der Waals surface area contributed by atoms with E-state index in [1.165, 1.54) is 0 Å². The fourth-order valence-corrected chi connectivity index (χ4v) is 2.43. The zero-order valence-electron chi connectivity index (χ0n) is 11.3. The molecule has 0 aliphatic carbocycles. The second kappa shape index (κ2) is 7.44. The molecule has 0 aliphatic rings. The minimum Gasteiger partial charge on any atom is -0.353 e. The SMILES string of the molecule is CCC(C)NC(=O)C(C)Sc1cccc(CN)c1. The van der Waals surface area contributed by atoms with E-state index in [0.717, 1.165) is 16.9 Å². The number of thioether (sulfide) groups is 1. The molecule has 1 rings (SSSR count). The van der Waals surface area contributed by atoms with Crippen molar-refractivity contribution in [3.8, 4) is 0 Å². The zero-order chi connectivity index (χ0) is 13.5. The Bertz CT molecular complexity index is 395. The van der Waals surface area contributed by atoms with Crippen LogP contribution in [0.1, 0.15) is 32.8 Å². The Kier molecular flexibility index (Phi) is 6.22. The fraction of sp³-hybridized carbons (Fsp3) is 0.500. The van der Waals surface area contributed by atoms with Gasteiger partial charge in [-0.2, -0.15) is 0 Å². The minimum atomic E-state index is -0.0907. The van der Waals surface area contributed by atoms with Crippen molar-refractivity contribution in [1.29, 1.82) is 0 Å². The highest BCUT2D eigenvalue weighted by molar-refractivity contribution is 8.00. The van der Waals surface area contributed by atoms with Crippen LogP contribution in [0.25, 0.3) is 0 Å². The van der Waals surface area contributed by atoms with E-state index in [4.69, 9.17) is 5.73 Å². The highest BCUT2D eigenvalue weighted by Crippen LogP contribution is 2.24. The van der Waals surface area contributed by atoms with Gasteiger partial charge in [0.1, 0.15) is 0 Å². The summed E-state index contributed by atoms with van der Waals surface area (Å²) in [6, 6.07) is 8.25. The van der Waals surface area contributed by atoms with Crippen molar-refractivity contribution >= 4 is 17.7 Å². The van der Waals surface area contributed by atoms with E-state index in [1.54, 1.807) is 11.8 Å². The number of nitrogens with one attached hydrogen (secondary N) is 1. The van der Waals surface area contributed by atoms with Gasteiger partial charge in [-0.25, -0.2) is 0 Å². The van der Waals surface area contributed by atoms with E-state index in [2.05, 4.69) is 12.2 Å². The Balaban J connectivity index is 2.57. The molecule has 0 heterocycles. The van der Waals surface area contributed by atoms with Crippen molar-refractivity contribution in [2.45, 2.75) is 49.9 Å². The molecule has 0 fully saturated rings. The number of hydrogen-bond donors (Lipinski definition) is 2. The number of rotatable bonds is 6. The molecule has 100 valence electrons. The number of nitrogens with two attached hydrogens (primary N) is 1. The van der Waals surface area contributed by atoms with Crippen LogP contribution in [-0.4, -0.2) is 17.2 Å². The number of benzene rings is 1. The molecular formula is C14H22N2OS. The van der Waals surface area contributed by atoms with Gasteiger partial charge >= 0.3 is 0 Å². The molecule has 18 heavy (non-hydrogen) atoms. The van der Waals surface area contributed by atoms with Crippen LogP contribution in [-0.2, 0) is 11.3 Å². The molecule has 4 heteroatoms. The Morgan fingerprint density at radius 2 is 2.17 bits per heavy atom. The quantitative estimate of drug-likeness (QED) is 0.778. The molecule has 1 amide bonds. The molecule has 1 aromatic carbocycles. The third-order valence-corrected chi connectivity index (χ3v) is 3.91. The summed E-state index contributed by atoms with van der Waals surface area (Å²) < 4.78 is 0. The summed E-state index contributed by atoms with van der Waals surface area (Å²) in [4.78, 5) is 13.0. The van der Waals surface area contributed by atoms with Crippen molar-refractivity contribution in [3.05, 3.63) is 29.8 Å². The maximum atomic E-state index is 11.9. The van der Waals surface area contributed by atoms with Crippen LogP contribution in [0.2, 0.25) is 0 Å². The first-order valence-corrected chi connectivity index (χ1v) is 7.20. The second-order valence-electron chi connectivity index (χ2n) is 4.43. The Morgan fingerprint density at radius 1 is 1.44 bits per heavy atom. The molecule has 0 bridgehead atoms. The van der Waals surface area contributed by atoms with Gasteiger partial charge in [0.15, 0.2) is 0 Å². The normalized spacial score (nSPS) is 14.0. The van der Waals surface area contributed by atoms with E-state index in [-0.39, 0.29) is 17.2 Å². The smallest absolute Gasteiger partial charge is 0.233 e. The van der Waals surface area contributed by atoms with Crippen molar-refractivity contribution in [3.63, 3.8) is 0 Å². The second-order valence-corrected chi connectivity index (χ2v) is 5.84. The zero-order valence-corrected chi connectivity index (χ0v) is 12.1. The number of carbonyl (C=O) groups is 1. The number of amides is 1. The van der Waals surface area contributed by atoms with E-state index in [9.17, 15) is 4.79 Å². The van der Waals surface area contributed by atoms with Gasteiger partial charge in [0.05, 0.1) is 5.25 Å². The first-order chi connectivity index (χ1) is 8.56. The average Bonchev–Trinajstić information content (AvgIpc) is 2.38. The largest absolute Gasteiger partial charge is 0.353 e. The van der Waals surface area contributed by atoms with Crippen LogP contribution in [0.4, 0.5) is 0 Å². The van der Waals surface area contributed by atoms with E-state index in [0.29, 0.717) is 6.54 Å². The molecule has 3 nitrogen and oxygen atoms in total. The summed E-state index contributed by atoms with van der Waals surface area (Å²) in [6.45, 7) is 6.54. The first kappa shape index (κ1) is 15.1. The van der Waals surface area contributed by atoms with Crippen molar-refractivity contribution < 1.29 is 4.79 Å². The lowest BCUT2D eigenvalue weighted by Crippen LogP contribution is -2.37. The van der Waals surface area contributed by atoms with Gasteiger partial charge in [-0.15, -0.1) is 11.8 Å². The molecule has 1 aromatic rings. The molecule has 2 unspecified atom stereocenters. The predicted molar refractivity (Wildman–Crippen MR) is 77.5 cm³/mol. The van der Waals surface area contributed by atoms with Gasteiger partial charge in [0.25, 0.3) is 0 Å². The summed E-state index contributed by atoms with van der Waals surface area (Å²) >= 11 is 1.57. The fourth-order valence-electron chi connectivity index (χ4n) is 1.47. The van der Waals surface area contributed by atoms with Gasteiger partial charge in [-0.05, 0) is 38.0 Å².